The molecule has 5 aromatic carbocycles. The number of hydrogen-bond acceptors (Lipinski definition) is 7. The van der Waals surface area contributed by atoms with Crippen LogP contribution >= 0.6 is 17.0 Å². The summed E-state index contributed by atoms with van der Waals surface area (Å²) < 4.78 is 32.8. The maximum atomic E-state index is 14.7. The molecule has 0 fully saturated rings. The molecular formula is C44H46O7P2. The van der Waals surface area contributed by atoms with Crippen LogP contribution in [-0.4, -0.2) is 17.2 Å². The van der Waals surface area contributed by atoms with Gasteiger partial charge in [-0.3, -0.25) is 9.59 Å². The van der Waals surface area contributed by atoms with Gasteiger partial charge in [0.2, 0.25) is 5.78 Å². The highest BCUT2D eigenvalue weighted by atomic mass is 31.2. The van der Waals surface area contributed by atoms with Crippen LogP contribution in [0.2, 0.25) is 0 Å². The fourth-order valence-electron chi connectivity index (χ4n) is 6.04. The van der Waals surface area contributed by atoms with Crippen molar-refractivity contribution in [2.45, 2.75) is 78.8 Å². The van der Waals surface area contributed by atoms with Crippen LogP contribution in [0.1, 0.15) is 104 Å². The average Bonchev–Trinajstić information content (AvgIpc) is 3.10. The summed E-state index contributed by atoms with van der Waals surface area (Å²) in [5, 5.41) is 0. The van der Waals surface area contributed by atoms with E-state index in [0.29, 0.717) is 17.2 Å². The number of para-hydroxylation sites is 3. The van der Waals surface area contributed by atoms with Crippen molar-refractivity contribution in [1.29, 1.82) is 0 Å². The quantitative estimate of drug-likeness (QED) is 0.122. The number of aryl methyl sites for hydroxylation is 1. The number of carbonyl (C=O) groups is 2. The summed E-state index contributed by atoms with van der Waals surface area (Å²) in [6, 6.07) is 33.4. The van der Waals surface area contributed by atoms with Crippen LogP contribution in [0.15, 0.2) is 109 Å². The van der Waals surface area contributed by atoms with Gasteiger partial charge in [-0.1, -0.05) is 134 Å². The molecule has 1 unspecified atom stereocenters. The minimum Gasteiger partial charge on any atom is -0.438 e. The van der Waals surface area contributed by atoms with Crippen LogP contribution in [-0.2, 0) is 10.8 Å². The first kappa shape index (κ1) is 38.0. The molecule has 9 heteroatoms. The van der Waals surface area contributed by atoms with Crippen LogP contribution in [0.25, 0.3) is 0 Å². The second kappa shape index (κ2) is 15.3. The van der Waals surface area contributed by atoms with Crippen molar-refractivity contribution in [2.75, 3.05) is 0 Å². The highest BCUT2D eigenvalue weighted by molar-refractivity contribution is 7.48. The minimum absolute atomic E-state index is 0.0224. The second-order valence-electron chi connectivity index (χ2n) is 15.3. The molecule has 0 bridgehead atoms. The molecule has 53 heavy (non-hydrogen) atoms. The first-order chi connectivity index (χ1) is 25.1. The Bertz CT molecular complexity index is 2090. The molecule has 0 spiro atoms. The Morgan fingerprint density at radius 3 is 1.34 bits per heavy atom. The van der Waals surface area contributed by atoms with E-state index < -0.39 is 22.8 Å². The van der Waals surface area contributed by atoms with Crippen LogP contribution in [0.4, 0.5) is 0 Å². The average molecular weight is 749 g/mol. The molecule has 0 aromatic heterocycles. The molecule has 5 aromatic rings. The van der Waals surface area contributed by atoms with Crippen LogP contribution < -0.4 is 22.6 Å². The molecule has 7 nitrogen and oxygen atoms in total. The predicted octanol–water partition coefficient (Wildman–Crippen LogP) is 12.3. The van der Waals surface area contributed by atoms with E-state index in [4.69, 9.17) is 22.6 Å². The molecule has 1 aliphatic rings. The van der Waals surface area contributed by atoms with Crippen molar-refractivity contribution in [3.8, 4) is 28.7 Å². The topological polar surface area (TPSA) is 80.3 Å². The Kier molecular flexibility index (Phi) is 11.0. The van der Waals surface area contributed by atoms with Crippen molar-refractivity contribution in [1.82, 2.24) is 0 Å². The first-order valence-corrected chi connectivity index (χ1v) is 20.1. The van der Waals surface area contributed by atoms with Crippen molar-refractivity contribution in [3.63, 3.8) is 0 Å². The van der Waals surface area contributed by atoms with Gasteiger partial charge in [0.05, 0.1) is 11.1 Å². The molecule has 0 saturated heterocycles. The molecule has 0 aliphatic heterocycles. The molecule has 274 valence electrons. The Labute approximate surface area is 315 Å². The highest BCUT2D eigenvalue weighted by Gasteiger charge is 2.38. The van der Waals surface area contributed by atoms with Crippen molar-refractivity contribution >= 4 is 28.5 Å². The monoisotopic (exact) mass is 748 g/mol. The van der Waals surface area contributed by atoms with E-state index in [1.807, 2.05) is 93.6 Å². The van der Waals surface area contributed by atoms with Gasteiger partial charge in [0.1, 0.15) is 28.7 Å². The number of fused-ring (bicyclic) bond motifs is 2. The van der Waals surface area contributed by atoms with Crippen LogP contribution in [0, 0.1) is 6.92 Å². The second-order valence-corrected chi connectivity index (χ2v) is 18.3. The molecule has 6 rings (SSSR count). The van der Waals surface area contributed by atoms with Crippen molar-refractivity contribution < 1.29 is 32.2 Å². The van der Waals surface area contributed by atoms with E-state index in [-0.39, 0.29) is 56.0 Å². The van der Waals surface area contributed by atoms with Gasteiger partial charge in [-0.15, -0.1) is 0 Å². The summed E-state index contributed by atoms with van der Waals surface area (Å²) in [4.78, 5) is 28.9. The Morgan fingerprint density at radius 2 is 0.868 bits per heavy atom. The van der Waals surface area contributed by atoms with Gasteiger partial charge in [0, 0.05) is 27.9 Å². The third kappa shape index (κ3) is 8.28. The van der Waals surface area contributed by atoms with Gasteiger partial charge in [-0.2, -0.15) is 0 Å². The van der Waals surface area contributed by atoms with E-state index >= 15 is 0 Å². The SMILES string of the molecule is Cc1ccccc1OP(Oc1cccc2c1C(=O)c1c(OP(Oc3ccccc3C(C)(C)C)Oc3ccccc3C(C)(C)C)cccc1C2=O)C(C)C. The molecule has 1 aliphatic carbocycles. The van der Waals surface area contributed by atoms with Gasteiger partial charge in [0.25, 0.3) is 8.38 Å². The Hall–Kier alpha value is -4.70. The van der Waals surface area contributed by atoms with E-state index in [0.717, 1.165) is 16.7 Å². The first-order valence-electron chi connectivity index (χ1n) is 17.7. The van der Waals surface area contributed by atoms with E-state index in [1.54, 1.807) is 36.4 Å². The predicted molar refractivity (Wildman–Crippen MR) is 213 cm³/mol. The maximum Gasteiger partial charge on any atom is 0.530 e. The molecule has 0 heterocycles. The zero-order chi connectivity index (χ0) is 38.1. The van der Waals surface area contributed by atoms with E-state index in [1.165, 1.54) is 0 Å². The highest BCUT2D eigenvalue weighted by Crippen LogP contribution is 2.51. The molecule has 0 amide bonds. The molecule has 0 saturated carbocycles. The number of hydrogen-bond donors (Lipinski definition) is 0. The maximum absolute atomic E-state index is 14.7. The Balaban J connectivity index is 1.40. The fraction of sp³-hybridized carbons (Fsp3) is 0.273. The van der Waals surface area contributed by atoms with Crippen molar-refractivity contribution in [3.05, 3.63) is 148 Å². The largest absolute Gasteiger partial charge is 0.530 e. The minimum atomic E-state index is -2.21. The summed E-state index contributed by atoms with van der Waals surface area (Å²) in [5.74, 6) is 1.66. The lowest BCUT2D eigenvalue weighted by molar-refractivity contribution is 0.0976. The lowest BCUT2D eigenvalue weighted by Crippen LogP contribution is -2.23. The third-order valence-corrected chi connectivity index (χ3v) is 11.4. The van der Waals surface area contributed by atoms with Gasteiger partial charge in [0.15, 0.2) is 5.78 Å². The zero-order valence-corrected chi connectivity index (χ0v) is 33.5. The van der Waals surface area contributed by atoms with Gasteiger partial charge in [-0.25, -0.2) is 0 Å². The summed E-state index contributed by atoms with van der Waals surface area (Å²) in [6.07, 6.45) is 0. The van der Waals surface area contributed by atoms with Gasteiger partial charge < -0.3 is 22.6 Å². The van der Waals surface area contributed by atoms with Crippen molar-refractivity contribution in [2.24, 2.45) is 0 Å². The molecule has 1 atom stereocenters. The van der Waals surface area contributed by atoms with E-state index in [9.17, 15) is 9.59 Å². The summed E-state index contributed by atoms with van der Waals surface area (Å²) in [6.45, 7) is 18.7. The van der Waals surface area contributed by atoms with Gasteiger partial charge >= 0.3 is 8.60 Å². The summed E-state index contributed by atoms with van der Waals surface area (Å²) >= 11 is 0. The smallest absolute Gasteiger partial charge is 0.438 e. The lowest BCUT2D eigenvalue weighted by Gasteiger charge is -2.28. The molecule has 0 N–H and O–H groups in total. The number of ketones is 2. The zero-order valence-electron chi connectivity index (χ0n) is 31.7. The van der Waals surface area contributed by atoms with Gasteiger partial charge in [-0.05, 0) is 53.6 Å². The molecular weight excluding hydrogens is 702 g/mol. The Morgan fingerprint density at radius 1 is 0.472 bits per heavy atom. The fourth-order valence-corrected chi connectivity index (χ4v) is 8.31. The number of benzene rings is 5. The lowest BCUT2D eigenvalue weighted by atomic mass is 9.83. The van der Waals surface area contributed by atoms with Crippen LogP contribution in [0.5, 0.6) is 28.7 Å². The van der Waals surface area contributed by atoms with E-state index in [2.05, 4.69) is 41.5 Å². The summed E-state index contributed by atoms with van der Waals surface area (Å²) in [5.41, 5.74) is 3.20. The normalized spacial score (nSPS) is 13.3. The summed E-state index contributed by atoms with van der Waals surface area (Å²) in [7, 11) is -3.75. The number of carbonyl (C=O) groups excluding carboxylic acids is 2. The standard InChI is InChI=1S/C44H46O7P2/c1-28(2)52(47-34-23-13-10-18-29(34)3)48-37-26-16-19-30-39(37)42(46)40-31(41(30)45)20-17-27-38(40)51-53(49-35-24-14-11-21-32(35)43(4,5)6)50-36-25-15-12-22-33(36)44(7,8)9/h10-28H,1-9H3. The number of rotatable bonds is 11. The van der Waals surface area contributed by atoms with Crippen LogP contribution in [0.3, 0.4) is 0 Å². The third-order valence-electron chi connectivity index (χ3n) is 8.80. The molecule has 0 radical (unpaired) electrons.